The average Bonchev–Trinajstić information content (AvgIpc) is 2.58. The third kappa shape index (κ3) is 1.79. The molecule has 2 rings (SSSR count). The van der Waals surface area contributed by atoms with Crippen molar-refractivity contribution in [3.05, 3.63) is 0 Å². The third-order valence-corrected chi connectivity index (χ3v) is 4.05. The molecule has 2 heterocycles. The van der Waals surface area contributed by atoms with Gasteiger partial charge in [0.2, 0.25) is 0 Å². The maximum atomic E-state index is 9.57. The quantitative estimate of drug-likeness (QED) is 0.684. The first-order valence-corrected chi connectivity index (χ1v) is 5.84. The van der Waals surface area contributed by atoms with Gasteiger partial charge in [-0.25, -0.2) is 0 Å². The van der Waals surface area contributed by atoms with E-state index in [2.05, 4.69) is 0 Å². The molecule has 0 amide bonds. The van der Waals surface area contributed by atoms with Crippen LogP contribution < -0.4 is 0 Å². The van der Waals surface area contributed by atoms with Gasteiger partial charge in [0, 0.05) is 5.75 Å². The Bertz CT molecular complexity index is 221. The molecule has 0 bridgehead atoms. The van der Waals surface area contributed by atoms with Crippen LogP contribution in [0.3, 0.4) is 0 Å². The Morgan fingerprint density at radius 3 is 2.86 bits per heavy atom. The van der Waals surface area contributed by atoms with Crippen molar-refractivity contribution in [2.75, 3.05) is 12.4 Å². The lowest BCUT2D eigenvalue weighted by Gasteiger charge is -2.23. The first kappa shape index (κ1) is 10.7. The van der Waals surface area contributed by atoms with Gasteiger partial charge in [-0.05, 0) is 13.8 Å². The highest BCUT2D eigenvalue weighted by atomic mass is 32.2. The Morgan fingerprint density at radius 1 is 1.50 bits per heavy atom. The summed E-state index contributed by atoms with van der Waals surface area (Å²) in [6.07, 6.45) is -0.745. The molecule has 0 aliphatic carbocycles. The topological polar surface area (TPSA) is 58.9 Å². The number of thioether (sulfide) groups is 1. The Morgan fingerprint density at radius 2 is 2.21 bits per heavy atom. The van der Waals surface area contributed by atoms with E-state index in [1.165, 1.54) is 0 Å². The van der Waals surface area contributed by atoms with Crippen LogP contribution >= 0.6 is 11.8 Å². The minimum atomic E-state index is -0.715. The number of ether oxygens (including phenoxy) is 2. The Labute approximate surface area is 87.6 Å². The van der Waals surface area contributed by atoms with E-state index in [1.54, 1.807) is 11.8 Å². The first-order chi connectivity index (χ1) is 6.53. The summed E-state index contributed by atoms with van der Waals surface area (Å²) in [6.45, 7) is 3.53. The van der Waals surface area contributed by atoms with E-state index in [4.69, 9.17) is 14.6 Å². The molecule has 0 aromatic heterocycles. The highest BCUT2D eigenvalue weighted by Gasteiger charge is 2.51. The predicted octanol–water partition coefficient (Wildman–Crippen LogP) is -0.0249. The van der Waals surface area contributed by atoms with Gasteiger partial charge in [0.05, 0.1) is 24.1 Å². The number of fused-ring (bicyclic) bond motifs is 1. The van der Waals surface area contributed by atoms with Gasteiger partial charge in [-0.3, -0.25) is 0 Å². The van der Waals surface area contributed by atoms with Crippen LogP contribution in [0.2, 0.25) is 0 Å². The summed E-state index contributed by atoms with van der Waals surface area (Å²) < 4.78 is 11.4. The maximum absolute atomic E-state index is 9.57. The monoisotopic (exact) mass is 220 g/mol. The Hall–Kier alpha value is 0.190. The normalized spacial score (nSPS) is 42.4. The fraction of sp³-hybridized carbons (Fsp3) is 1.00. The highest BCUT2D eigenvalue weighted by molar-refractivity contribution is 8.00. The molecule has 0 aromatic carbocycles. The summed E-state index contributed by atoms with van der Waals surface area (Å²) in [5, 5.41) is 18.4. The molecule has 4 nitrogen and oxygen atoms in total. The van der Waals surface area contributed by atoms with Gasteiger partial charge in [-0.1, -0.05) is 0 Å². The van der Waals surface area contributed by atoms with Crippen LogP contribution in [-0.2, 0) is 9.47 Å². The molecule has 0 spiro atoms. The summed E-state index contributed by atoms with van der Waals surface area (Å²) in [6, 6.07) is 0. The minimum absolute atomic E-state index is 0.0567. The zero-order valence-electron chi connectivity index (χ0n) is 8.34. The van der Waals surface area contributed by atoms with E-state index in [-0.39, 0.29) is 24.1 Å². The van der Waals surface area contributed by atoms with Gasteiger partial charge >= 0.3 is 0 Å². The molecule has 14 heavy (non-hydrogen) atoms. The molecular weight excluding hydrogens is 204 g/mol. The molecule has 0 aromatic rings. The van der Waals surface area contributed by atoms with Crippen LogP contribution in [-0.4, -0.2) is 51.9 Å². The third-order valence-electron chi connectivity index (χ3n) is 2.56. The zero-order chi connectivity index (χ0) is 10.3. The van der Waals surface area contributed by atoms with Crippen molar-refractivity contribution in [1.29, 1.82) is 0 Å². The molecule has 2 aliphatic heterocycles. The van der Waals surface area contributed by atoms with Crippen molar-refractivity contribution in [1.82, 2.24) is 0 Å². The standard InChI is InChI=1S/C9H16O4S/c1-9(2)12-6-4-14-8(5(11)3-10)7(6)13-9/h5-8,10-11H,3-4H2,1-2H3/t5-,6?,7?,8?/m1/s1. The molecular formula is C9H16O4S. The van der Waals surface area contributed by atoms with E-state index >= 15 is 0 Å². The van der Waals surface area contributed by atoms with Crippen LogP contribution in [0.4, 0.5) is 0 Å². The summed E-state index contributed by atoms with van der Waals surface area (Å²) in [5.41, 5.74) is 0. The highest BCUT2D eigenvalue weighted by Crippen LogP contribution is 2.42. The molecule has 82 valence electrons. The lowest BCUT2D eigenvalue weighted by Crippen LogP contribution is -2.38. The van der Waals surface area contributed by atoms with Gasteiger partial charge < -0.3 is 19.7 Å². The molecule has 5 heteroatoms. The van der Waals surface area contributed by atoms with Crippen molar-refractivity contribution in [2.45, 2.75) is 43.2 Å². The Kier molecular flexibility index (Phi) is 2.79. The van der Waals surface area contributed by atoms with Crippen molar-refractivity contribution < 1.29 is 19.7 Å². The van der Waals surface area contributed by atoms with Gasteiger partial charge in [-0.2, -0.15) is 11.8 Å². The SMILES string of the molecule is CC1(C)OC2CSC([C@H](O)CO)C2O1. The molecule has 2 aliphatic rings. The second-order valence-corrected chi connectivity index (χ2v) is 5.40. The number of hydrogen-bond acceptors (Lipinski definition) is 5. The lowest BCUT2D eigenvalue weighted by molar-refractivity contribution is -0.147. The van der Waals surface area contributed by atoms with Crippen LogP contribution in [0.1, 0.15) is 13.8 Å². The largest absolute Gasteiger partial charge is 0.394 e. The van der Waals surface area contributed by atoms with E-state index in [0.717, 1.165) is 5.75 Å². The lowest BCUT2D eigenvalue weighted by atomic mass is 10.1. The van der Waals surface area contributed by atoms with Crippen LogP contribution in [0.25, 0.3) is 0 Å². The van der Waals surface area contributed by atoms with Crippen LogP contribution in [0, 0.1) is 0 Å². The van der Waals surface area contributed by atoms with Crippen molar-refractivity contribution >= 4 is 11.8 Å². The maximum Gasteiger partial charge on any atom is 0.163 e. The van der Waals surface area contributed by atoms with E-state index in [0.29, 0.717) is 0 Å². The molecule has 3 unspecified atom stereocenters. The number of aliphatic hydroxyl groups excluding tert-OH is 2. The molecule has 2 fully saturated rings. The van der Waals surface area contributed by atoms with Crippen LogP contribution in [0.15, 0.2) is 0 Å². The fourth-order valence-corrected chi connectivity index (χ4v) is 3.40. The molecule has 0 saturated carbocycles. The summed E-state index contributed by atoms with van der Waals surface area (Å²) in [4.78, 5) is 0. The second kappa shape index (κ2) is 3.64. The second-order valence-electron chi connectivity index (χ2n) is 4.19. The summed E-state index contributed by atoms with van der Waals surface area (Å²) in [7, 11) is 0. The van der Waals surface area contributed by atoms with Gasteiger partial charge in [0.15, 0.2) is 5.79 Å². The van der Waals surface area contributed by atoms with Crippen molar-refractivity contribution in [3.8, 4) is 0 Å². The number of hydrogen-bond donors (Lipinski definition) is 2. The molecule has 4 atom stereocenters. The zero-order valence-corrected chi connectivity index (χ0v) is 9.16. The van der Waals surface area contributed by atoms with Gasteiger partial charge in [-0.15, -0.1) is 0 Å². The van der Waals surface area contributed by atoms with Gasteiger partial charge in [0.1, 0.15) is 6.10 Å². The first-order valence-electron chi connectivity index (χ1n) is 4.79. The van der Waals surface area contributed by atoms with Crippen LogP contribution in [0.5, 0.6) is 0 Å². The van der Waals surface area contributed by atoms with Gasteiger partial charge in [0.25, 0.3) is 0 Å². The van der Waals surface area contributed by atoms with E-state index in [9.17, 15) is 5.11 Å². The smallest absolute Gasteiger partial charge is 0.163 e. The Balaban J connectivity index is 2.04. The van der Waals surface area contributed by atoms with Crippen molar-refractivity contribution in [3.63, 3.8) is 0 Å². The van der Waals surface area contributed by atoms with E-state index < -0.39 is 11.9 Å². The molecule has 0 radical (unpaired) electrons. The predicted molar refractivity (Wildman–Crippen MR) is 53.2 cm³/mol. The van der Waals surface area contributed by atoms with E-state index in [1.807, 2.05) is 13.8 Å². The molecule has 2 saturated heterocycles. The fourth-order valence-electron chi connectivity index (χ4n) is 2.01. The average molecular weight is 220 g/mol. The number of aliphatic hydroxyl groups is 2. The number of rotatable bonds is 2. The minimum Gasteiger partial charge on any atom is -0.394 e. The summed E-state index contributed by atoms with van der Waals surface area (Å²) in [5.74, 6) is 0.277. The molecule has 2 N–H and O–H groups in total. The summed E-state index contributed by atoms with van der Waals surface area (Å²) >= 11 is 1.61. The van der Waals surface area contributed by atoms with Crippen molar-refractivity contribution in [2.24, 2.45) is 0 Å².